The molecule has 4 rings (SSSR count). The summed E-state index contributed by atoms with van der Waals surface area (Å²) in [6, 6.07) is 20.6. The normalized spacial score (nSPS) is 23.1. The molecule has 2 fully saturated rings. The molecule has 0 amide bonds. The predicted molar refractivity (Wildman–Crippen MR) is 174 cm³/mol. The third kappa shape index (κ3) is 12.6. The zero-order chi connectivity index (χ0) is 29.8. The SMILES string of the molecule is CCCCCCCCCCCCCCCCCCOC1C(OCc2ccccc2)C2COC(O2)C1OCc1ccccc1. The van der Waals surface area contributed by atoms with Gasteiger partial charge in [0.25, 0.3) is 0 Å². The van der Waals surface area contributed by atoms with Gasteiger partial charge in [-0.3, -0.25) is 0 Å². The van der Waals surface area contributed by atoms with Gasteiger partial charge in [0.1, 0.15) is 24.4 Å². The molecule has 0 radical (unpaired) electrons. The molecule has 2 aromatic rings. The van der Waals surface area contributed by atoms with E-state index < -0.39 is 6.29 Å². The first-order valence-electron chi connectivity index (χ1n) is 17.5. The first-order chi connectivity index (χ1) is 21.3. The van der Waals surface area contributed by atoms with Crippen LogP contribution in [0.3, 0.4) is 0 Å². The average molecular weight is 595 g/mol. The molecule has 2 aliphatic heterocycles. The highest BCUT2D eigenvalue weighted by Crippen LogP contribution is 2.34. The van der Waals surface area contributed by atoms with Crippen LogP contribution in [0.2, 0.25) is 0 Å². The maximum atomic E-state index is 6.58. The van der Waals surface area contributed by atoms with Crippen LogP contribution in [0.1, 0.15) is 121 Å². The molecule has 5 heteroatoms. The summed E-state index contributed by atoms with van der Waals surface area (Å²) in [5, 5.41) is 0. The van der Waals surface area contributed by atoms with Crippen molar-refractivity contribution >= 4 is 0 Å². The lowest BCUT2D eigenvalue weighted by molar-refractivity contribution is -0.266. The van der Waals surface area contributed by atoms with E-state index in [-0.39, 0.29) is 24.4 Å². The maximum Gasteiger partial charge on any atom is 0.187 e. The number of benzene rings is 2. The van der Waals surface area contributed by atoms with E-state index in [1.807, 2.05) is 36.4 Å². The van der Waals surface area contributed by atoms with Gasteiger partial charge in [-0.15, -0.1) is 0 Å². The molecule has 0 aromatic heterocycles. The molecule has 5 atom stereocenters. The molecule has 2 aromatic carbocycles. The second kappa shape index (κ2) is 21.1. The minimum atomic E-state index is -0.416. The molecule has 0 N–H and O–H groups in total. The summed E-state index contributed by atoms with van der Waals surface area (Å²) in [5.74, 6) is 0. The molecule has 2 aliphatic rings. The maximum absolute atomic E-state index is 6.58. The van der Waals surface area contributed by atoms with Crippen LogP contribution in [0.15, 0.2) is 60.7 Å². The van der Waals surface area contributed by atoms with E-state index in [9.17, 15) is 0 Å². The van der Waals surface area contributed by atoms with Crippen molar-refractivity contribution in [1.29, 1.82) is 0 Å². The summed E-state index contributed by atoms with van der Waals surface area (Å²) in [6.45, 7) is 4.51. The fourth-order valence-corrected chi connectivity index (χ4v) is 6.31. The topological polar surface area (TPSA) is 46.2 Å². The largest absolute Gasteiger partial charge is 0.372 e. The summed E-state index contributed by atoms with van der Waals surface area (Å²) >= 11 is 0. The highest BCUT2D eigenvalue weighted by atomic mass is 16.8. The van der Waals surface area contributed by atoms with E-state index in [4.69, 9.17) is 23.7 Å². The second-order valence-electron chi connectivity index (χ2n) is 12.5. The summed E-state index contributed by atoms with van der Waals surface area (Å²) in [7, 11) is 0. The first-order valence-corrected chi connectivity index (χ1v) is 17.5. The molecule has 2 bridgehead atoms. The Morgan fingerprint density at radius 1 is 0.535 bits per heavy atom. The number of rotatable bonds is 24. The van der Waals surface area contributed by atoms with Crippen LogP contribution >= 0.6 is 0 Å². The quantitative estimate of drug-likeness (QED) is 0.113. The molecular weight excluding hydrogens is 536 g/mol. The van der Waals surface area contributed by atoms with Gasteiger partial charge in [-0.2, -0.15) is 0 Å². The molecule has 5 nitrogen and oxygen atoms in total. The fourth-order valence-electron chi connectivity index (χ4n) is 6.31. The summed E-state index contributed by atoms with van der Waals surface area (Å²) in [4.78, 5) is 0. The van der Waals surface area contributed by atoms with Crippen LogP contribution in [-0.2, 0) is 36.9 Å². The Balaban J connectivity index is 1.13. The second-order valence-corrected chi connectivity index (χ2v) is 12.5. The van der Waals surface area contributed by atoms with Gasteiger partial charge in [0.15, 0.2) is 6.29 Å². The molecule has 43 heavy (non-hydrogen) atoms. The van der Waals surface area contributed by atoms with Crippen molar-refractivity contribution in [3.63, 3.8) is 0 Å². The van der Waals surface area contributed by atoms with E-state index >= 15 is 0 Å². The van der Waals surface area contributed by atoms with Gasteiger partial charge in [0.2, 0.25) is 0 Å². The van der Waals surface area contributed by atoms with Crippen LogP contribution < -0.4 is 0 Å². The third-order valence-corrected chi connectivity index (χ3v) is 8.89. The number of hydrogen-bond donors (Lipinski definition) is 0. The average Bonchev–Trinajstić information content (AvgIpc) is 3.48. The lowest BCUT2D eigenvalue weighted by Gasteiger charge is -2.40. The van der Waals surface area contributed by atoms with Crippen molar-refractivity contribution in [3.05, 3.63) is 71.8 Å². The minimum Gasteiger partial charge on any atom is -0.372 e. The van der Waals surface area contributed by atoms with E-state index in [1.165, 1.54) is 96.3 Å². The predicted octanol–water partition coefficient (Wildman–Crippen LogP) is 9.56. The lowest BCUT2D eigenvalue weighted by Crippen LogP contribution is -2.57. The van der Waals surface area contributed by atoms with Crippen molar-refractivity contribution in [2.24, 2.45) is 0 Å². The zero-order valence-electron chi connectivity index (χ0n) is 26.8. The van der Waals surface area contributed by atoms with Crippen molar-refractivity contribution in [3.8, 4) is 0 Å². The standard InChI is InChI=1S/C38H58O5/c1-2-3-4-5-6-7-8-9-10-11-12-13-14-15-16-23-28-39-36-35(40-29-32-24-19-17-20-25-32)34-31-42-38(43-34)37(36)41-30-33-26-21-18-22-27-33/h17-22,24-27,34-38H,2-16,23,28-31H2,1H3. The molecular formula is C38H58O5. The van der Waals surface area contributed by atoms with Crippen LogP contribution in [-0.4, -0.2) is 43.9 Å². The molecule has 5 unspecified atom stereocenters. The number of ether oxygens (including phenoxy) is 5. The first kappa shape index (κ1) is 34.1. The Morgan fingerprint density at radius 2 is 1.00 bits per heavy atom. The van der Waals surface area contributed by atoms with Crippen molar-refractivity contribution in [2.75, 3.05) is 13.2 Å². The molecule has 0 spiro atoms. The van der Waals surface area contributed by atoms with Gasteiger partial charge >= 0.3 is 0 Å². The Kier molecular flexibility index (Phi) is 16.7. The Morgan fingerprint density at radius 3 is 1.51 bits per heavy atom. The van der Waals surface area contributed by atoms with Crippen LogP contribution in [0.5, 0.6) is 0 Å². The smallest absolute Gasteiger partial charge is 0.187 e. The van der Waals surface area contributed by atoms with Crippen molar-refractivity contribution < 1.29 is 23.7 Å². The number of unbranched alkanes of at least 4 members (excludes halogenated alkanes) is 15. The minimum absolute atomic E-state index is 0.138. The van der Waals surface area contributed by atoms with Gasteiger partial charge < -0.3 is 23.7 Å². The Hall–Kier alpha value is -1.76. The highest BCUT2D eigenvalue weighted by Gasteiger charge is 2.52. The van der Waals surface area contributed by atoms with Gasteiger partial charge in [-0.05, 0) is 17.5 Å². The Bertz CT molecular complexity index is 880. The highest BCUT2D eigenvalue weighted by molar-refractivity contribution is 5.14. The van der Waals surface area contributed by atoms with E-state index in [1.54, 1.807) is 0 Å². The number of fused-ring (bicyclic) bond motifs is 2. The summed E-state index contributed by atoms with van der Waals surface area (Å²) in [5.41, 5.74) is 2.27. The third-order valence-electron chi connectivity index (χ3n) is 8.89. The lowest BCUT2D eigenvalue weighted by atomic mass is 10.00. The Labute approximate surface area is 262 Å². The van der Waals surface area contributed by atoms with Crippen LogP contribution in [0.25, 0.3) is 0 Å². The van der Waals surface area contributed by atoms with E-state index in [0.29, 0.717) is 26.4 Å². The van der Waals surface area contributed by atoms with Crippen molar-refractivity contribution in [1.82, 2.24) is 0 Å². The van der Waals surface area contributed by atoms with Gasteiger partial charge in [-0.25, -0.2) is 0 Å². The fraction of sp³-hybridized carbons (Fsp3) is 0.684. The van der Waals surface area contributed by atoms with Crippen LogP contribution in [0.4, 0.5) is 0 Å². The van der Waals surface area contributed by atoms with Gasteiger partial charge in [-0.1, -0.05) is 164 Å². The van der Waals surface area contributed by atoms with Gasteiger partial charge in [0, 0.05) is 6.61 Å². The number of hydrogen-bond acceptors (Lipinski definition) is 5. The van der Waals surface area contributed by atoms with Crippen LogP contribution in [0, 0.1) is 0 Å². The summed E-state index contributed by atoms with van der Waals surface area (Å²) < 4.78 is 31.7. The van der Waals surface area contributed by atoms with Crippen molar-refractivity contribution in [2.45, 2.75) is 154 Å². The summed E-state index contributed by atoms with van der Waals surface area (Å²) in [6.07, 6.45) is 20.5. The monoisotopic (exact) mass is 594 g/mol. The zero-order valence-corrected chi connectivity index (χ0v) is 26.8. The molecule has 2 saturated heterocycles. The van der Waals surface area contributed by atoms with E-state index in [2.05, 4.69) is 31.2 Å². The molecule has 240 valence electrons. The molecule has 0 saturated carbocycles. The molecule has 0 aliphatic carbocycles. The molecule has 2 heterocycles. The van der Waals surface area contributed by atoms with E-state index in [0.717, 1.165) is 17.5 Å². The van der Waals surface area contributed by atoms with Gasteiger partial charge in [0.05, 0.1) is 19.8 Å².